The first-order valence-corrected chi connectivity index (χ1v) is 13.7. The van der Waals surface area contributed by atoms with Gasteiger partial charge in [-0.05, 0) is 37.1 Å². The lowest BCUT2D eigenvalue weighted by Gasteiger charge is -2.07. The van der Waals surface area contributed by atoms with Gasteiger partial charge in [0.05, 0.1) is 11.4 Å². The van der Waals surface area contributed by atoms with Crippen LogP contribution in [0.5, 0.6) is 11.5 Å². The van der Waals surface area contributed by atoms with Crippen LogP contribution in [0, 0.1) is 0 Å². The minimum atomic E-state index is -0.205. The molecule has 0 heterocycles. The maximum Gasteiger partial charge on any atom is 0.311 e. The van der Waals surface area contributed by atoms with Gasteiger partial charge in [0.25, 0.3) is 0 Å². The molecule has 0 aromatic heterocycles. The lowest BCUT2D eigenvalue weighted by atomic mass is 10.0. The topological polar surface area (TPSA) is 105 Å². The van der Waals surface area contributed by atoms with Crippen molar-refractivity contribution in [2.45, 2.75) is 103 Å². The van der Waals surface area contributed by atoms with Crippen molar-refractivity contribution in [2.24, 2.45) is 0 Å². The Morgan fingerprint density at radius 1 is 0.472 bits per heavy atom. The first-order chi connectivity index (χ1) is 17.6. The van der Waals surface area contributed by atoms with Crippen molar-refractivity contribution in [3.8, 4) is 11.5 Å². The van der Waals surface area contributed by atoms with Gasteiger partial charge < -0.3 is 20.9 Å². The van der Waals surface area contributed by atoms with Crippen LogP contribution in [0.3, 0.4) is 0 Å². The average Bonchev–Trinajstić information content (AvgIpc) is 2.86. The van der Waals surface area contributed by atoms with Crippen molar-refractivity contribution >= 4 is 23.3 Å². The summed E-state index contributed by atoms with van der Waals surface area (Å²) in [7, 11) is 0. The van der Waals surface area contributed by atoms with E-state index in [4.69, 9.17) is 20.9 Å². The monoisotopic (exact) mass is 496 g/mol. The standard InChI is InChI=1S/C30H44N2O4/c31-25-19-15-17-21-27(25)35-29(33)23-13-11-9-7-5-3-1-2-4-6-8-10-12-14-24-30(34)36-28-22-18-16-20-26(28)32/h15-22H,1-14,23-24,31-32H2. The molecule has 0 fully saturated rings. The number of carbonyl (C=O) groups is 2. The summed E-state index contributed by atoms with van der Waals surface area (Å²) in [5.41, 5.74) is 12.6. The SMILES string of the molecule is Nc1ccccc1OC(=O)CCCCCCCCCCCCCCCCC(=O)Oc1ccccc1N. The second kappa shape index (κ2) is 18.3. The molecule has 0 atom stereocenters. The number of hydrogen-bond acceptors (Lipinski definition) is 6. The van der Waals surface area contributed by atoms with Gasteiger partial charge in [-0.25, -0.2) is 0 Å². The molecular formula is C30H44N2O4. The fourth-order valence-corrected chi connectivity index (χ4v) is 4.15. The fraction of sp³-hybridized carbons (Fsp3) is 0.533. The third kappa shape index (κ3) is 13.2. The highest BCUT2D eigenvalue weighted by Crippen LogP contribution is 2.22. The number of carbonyl (C=O) groups excluding carboxylic acids is 2. The summed E-state index contributed by atoms with van der Waals surface area (Å²) in [5.74, 6) is 0.498. The van der Waals surface area contributed by atoms with Gasteiger partial charge in [0.1, 0.15) is 0 Å². The maximum absolute atomic E-state index is 11.9. The van der Waals surface area contributed by atoms with Crippen molar-refractivity contribution < 1.29 is 19.1 Å². The summed E-state index contributed by atoms with van der Waals surface area (Å²) >= 11 is 0. The summed E-state index contributed by atoms with van der Waals surface area (Å²) < 4.78 is 10.6. The molecular weight excluding hydrogens is 452 g/mol. The van der Waals surface area contributed by atoms with Gasteiger partial charge in [0.2, 0.25) is 0 Å². The minimum absolute atomic E-state index is 0.205. The van der Waals surface area contributed by atoms with Crippen molar-refractivity contribution in [1.29, 1.82) is 0 Å². The van der Waals surface area contributed by atoms with Crippen LogP contribution in [0.15, 0.2) is 48.5 Å². The molecule has 4 N–H and O–H groups in total. The summed E-state index contributed by atoms with van der Waals surface area (Å²) in [6, 6.07) is 14.2. The van der Waals surface area contributed by atoms with Crippen molar-refractivity contribution in [3.05, 3.63) is 48.5 Å². The number of rotatable bonds is 19. The highest BCUT2D eigenvalue weighted by Gasteiger charge is 2.08. The Labute approximate surface area is 216 Å². The molecule has 0 aliphatic rings. The average molecular weight is 497 g/mol. The molecule has 0 saturated carbocycles. The largest absolute Gasteiger partial charge is 0.424 e. The Kier molecular flexibility index (Phi) is 14.8. The molecule has 0 aliphatic carbocycles. The molecule has 6 nitrogen and oxygen atoms in total. The van der Waals surface area contributed by atoms with Crippen molar-refractivity contribution in [3.63, 3.8) is 0 Å². The van der Waals surface area contributed by atoms with Gasteiger partial charge in [-0.3, -0.25) is 9.59 Å². The molecule has 0 amide bonds. The summed E-state index contributed by atoms with van der Waals surface area (Å²) in [6.45, 7) is 0. The van der Waals surface area contributed by atoms with Crippen LogP contribution in [0.2, 0.25) is 0 Å². The molecule has 2 rings (SSSR count). The van der Waals surface area contributed by atoms with Gasteiger partial charge in [0.15, 0.2) is 11.5 Å². The third-order valence-corrected chi connectivity index (χ3v) is 6.30. The highest BCUT2D eigenvalue weighted by molar-refractivity contribution is 5.75. The molecule has 198 valence electrons. The number of nitrogens with two attached hydrogens (primary N) is 2. The molecule has 0 saturated heterocycles. The van der Waals surface area contributed by atoms with Crippen molar-refractivity contribution in [1.82, 2.24) is 0 Å². The Morgan fingerprint density at radius 3 is 1.06 bits per heavy atom. The smallest absolute Gasteiger partial charge is 0.311 e. The number of ether oxygens (including phenoxy) is 2. The molecule has 36 heavy (non-hydrogen) atoms. The number of benzene rings is 2. The Bertz CT molecular complexity index is 827. The van der Waals surface area contributed by atoms with Crippen LogP contribution in [0.4, 0.5) is 11.4 Å². The van der Waals surface area contributed by atoms with E-state index in [0.717, 1.165) is 25.7 Å². The third-order valence-electron chi connectivity index (χ3n) is 6.30. The van der Waals surface area contributed by atoms with E-state index in [0.29, 0.717) is 35.7 Å². The molecule has 0 aliphatic heterocycles. The van der Waals surface area contributed by atoms with Crippen LogP contribution in [-0.2, 0) is 9.59 Å². The highest BCUT2D eigenvalue weighted by atomic mass is 16.5. The van der Waals surface area contributed by atoms with E-state index in [1.807, 2.05) is 24.3 Å². The maximum atomic E-state index is 11.9. The number of hydrogen-bond donors (Lipinski definition) is 2. The van der Waals surface area contributed by atoms with Gasteiger partial charge in [-0.2, -0.15) is 0 Å². The molecule has 2 aromatic carbocycles. The number of para-hydroxylation sites is 4. The summed E-state index contributed by atoms with van der Waals surface area (Å²) in [5, 5.41) is 0. The van der Waals surface area contributed by atoms with Crippen LogP contribution in [0.25, 0.3) is 0 Å². The van der Waals surface area contributed by atoms with Gasteiger partial charge in [0, 0.05) is 12.8 Å². The molecule has 6 heteroatoms. The van der Waals surface area contributed by atoms with E-state index in [2.05, 4.69) is 0 Å². The molecule has 0 radical (unpaired) electrons. The minimum Gasteiger partial charge on any atom is -0.424 e. The predicted octanol–water partition coefficient (Wildman–Crippen LogP) is 7.60. The van der Waals surface area contributed by atoms with Crippen LogP contribution >= 0.6 is 0 Å². The first kappa shape index (κ1) is 29.2. The zero-order valence-electron chi connectivity index (χ0n) is 21.7. The normalized spacial score (nSPS) is 10.8. The zero-order chi connectivity index (χ0) is 25.8. The number of nitrogen functional groups attached to an aromatic ring is 2. The molecule has 0 spiro atoms. The summed E-state index contributed by atoms with van der Waals surface area (Å²) in [4.78, 5) is 23.8. The quantitative estimate of drug-likeness (QED) is 0.0897. The Balaban J connectivity index is 1.30. The summed E-state index contributed by atoms with van der Waals surface area (Å²) in [6.07, 6.45) is 17.3. The number of unbranched alkanes of at least 4 members (excludes halogenated alkanes) is 13. The van der Waals surface area contributed by atoms with E-state index in [9.17, 15) is 9.59 Å². The van der Waals surface area contributed by atoms with E-state index >= 15 is 0 Å². The van der Waals surface area contributed by atoms with Gasteiger partial charge in [-0.1, -0.05) is 101 Å². The van der Waals surface area contributed by atoms with Crippen LogP contribution in [0.1, 0.15) is 103 Å². The number of anilines is 2. The molecule has 2 aromatic rings. The van der Waals surface area contributed by atoms with E-state index in [1.165, 1.54) is 64.2 Å². The lowest BCUT2D eigenvalue weighted by molar-refractivity contribution is -0.135. The van der Waals surface area contributed by atoms with Crippen LogP contribution in [-0.4, -0.2) is 11.9 Å². The van der Waals surface area contributed by atoms with E-state index in [-0.39, 0.29) is 11.9 Å². The zero-order valence-corrected chi connectivity index (χ0v) is 21.7. The second-order valence-electron chi connectivity index (χ2n) is 9.47. The Morgan fingerprint density at radius 2 is 0.750 bits per heavy atom. The van der Waals surface area contributed by atoms with Crippen LogP contribution < -0.4 is 20.9 Å². The fourth-order valence-electron chi connectivity index (χ4n) is 4.15. The van der Waals surface area contributed by atoms with Crippen molar-refractivity contribution in [2.75, 3.05) is 11.5 Å². The van der Waals surface area contributed by atoms with Gasteiger partial charge >= 0.3 is 11.9 Å². The molecule has 0 unspecified atom stereocenters. The Hall–Kier alpha value is -3.02. The predicted molar refractivity (Wildman–Crippen MR) is 147 cm³/mol. The van der Waals surface area contributed by atoms with E-state index < -0.39 is 0 Å². The number of esters is 2. The van der Waals surface area contributed by atoms with E-state index in [1.54, 1.807) is 24.3 Å². The second-order valence-corrected chi connectivity index (χ2v) is 9.47. The first-order valence-electron chi connectivity index (χ1n) is 13.7. The molecule has 0 bridgehead atoms. The van der Waals surface area contributed by atoms with Gasteiger partial charge in [-0.15, -0.1) is 0 Å². The lowest BCUT2D eigenvalue weighted by Crippen LogP contribution is -2.08.